The van der Waals surface area contributed by atoms with E-state index in [1.165, 1.54) is 18.3 Å². The van der Waals surface area contributed by atoms with Gasteiger partial charge in [0.1, 0.15) is 11.1 Å². The fourth-order valence-electron chi connectivity index (χ4n) is 4.38. The number of rotatable bonds is 5. The molecule has 1 saturated carbocycles. The summed E-state index contributed by atoms with van der Waals surface area (Å²) >= 11 is 0. The quantitative estimate of drug-likeness (QED) is 0.482. The summed E-state index contributed by atoms with van der Waals surface area (Å²) in [4.78, 5) is 26.4. The number of benzene rings is 1. The molecule has 0 aliphatic heterocycles. The molecule has 1 aliphatic rings. The second-order valence-corrected chi connectivity index (χ2v) is 9.71. The first kappa shape index (κ1) is 23.8. The van der Waals surface area contributed by atoms with Crippen molar-refractivity contribution in [2.75, 3.05) is 10.6 Å². The van der Waals surface area contributed by atoms with Crippen LogP contribution in [0, 0.1) is 0 Å². The molecule has 0 radical (unpaired) electrons. The fraction of sp³-hybridized carbons (Fsp3) is 0.478. The number of amides is 1. The summed E-state index contributed by atoms with van der Waals surface area (Å²) in [7, 11) is 0. The molecule has 4 rings (SSSR count). The van der Waals surface area contributed by atoms with Crippen molar-refractivity contribution in [2.24, 2.45) is 5.73 Å². The van der Waals surface area contributed by atoms with E-state index in [1.54, 1.807) is 4.57 Å². The lowest BCUT2D eigenvalue weighted by molar-refractivity contribution is -0.137. The number of carbonyl (C=O) groups is 1. The maximum Gasteiger partial charge on any atom is 0.416 e. The van der Waals surface area contributed by atoms with Gasteiger partial charge in [-0.3, -0.25) is 9.36 Å². The zero-order chi connectivity index (χ0) is 24.7. The summed E-state index contributed by atoms with van der Waals surface area (Å²) in [5.74, 6) is 0.0157. The Morgan fingerprint density at radius 1 is 1.12 bits per heavy atom. The predicted octanol–water partition coefficient (Wildman–Crippen LogP) is 4.94. The standard InChI is InChI=1S/C23H28F3N7O/c1-21(2,3)32-19-28-13-16-17(31-19)33(22(18(27)34)10-5-4-6-11-22)20(30-16)29-15-9-7-8-14(12-15)23(24,25)26/h7-9,12-13H,4-6,10-11H2,1-3H3,(H2,27,34)(H,29,30)(H,28,31,32). The molecule has 34 heavy (non-hydrogen) atoms. The van der Waals surface area contributed by atoms with E-state index >= 15 is 0 Å². The van der Waals surface area contributed by atoms with Crippen LogP contribution in [0.2, 0.25) is 0 Å². The SMILES string of the molecule is CC(C)(C)Nc1ncc2nc(Nc3cccc(C(F)(F)F)c3)n(C3(C(N)=O)CCCCC3)c2n1. The van der Waals surface area contributed by atoms with Gasteiger partial charge in [-0.15, -0.1) is 0 Å². The Kier molecular flexibility index (Phi) is 5.91. The van der Waals surface area contributed by atoms with Gasteiger partial charge in [-0.2, -0.15) is 18.2 Å². The smallest absolute Gasteiger partial charge is 0.368 e. The van der Waals surface area contributed by atoms with Gasteiger partial charge >= 0.3 is 6.18 Å². The highest BCUT2D eigenvalue weighted by molar-refractivity contribution is 5.87. The second-order valence-electron chi connectivity index (χ2n) is 9.71. The Morgan fingerprint density at radius 2 is 1.82 bits per heavy atom. The molecule has 2 aromatic heterocycles. The second kappa shape index (κ2) is 8.44. The van der Waals surface area contributed by atoms with Gasteiger partial charge in [0, 0.05) is 11.2 Å². The van der Waals surface area contributed by atoms with E-state index in [9.17, 15) is 18.0 Å². The van der Waals surface area contributed by atoms with E-state index in [-0.39, 0.29) is 17.2 Å². The van der Waals surface area contributed by atoms with Crippen LogP contribution in [0.4, 0.5) is 30.8 Å². The number of anilines is 3. The highest BCUT2D eigenvalue weighted by Crippen LogP contribution is 2.40. The number of fused-ring (bicyclic) bond motifs is 1. The molecule has 0 spiro atoms. The monoisotopic (exact) mass is 475 g/mol. The first-order valence-corrected chi connectivity index (χ1v) is 11.2. The molecule has 0 unspecified atom stereocenters. The van der Waals surface area contributed by atoms with E-state index in [4.69, 9.17) is 5.73 Å². The Bertz CT molecular complexity index is 1210. The Morgan fingerprint density at radius 3 is 2.44 bits per heavy atom. The third-order valence-corrected chi connectivity index (χ3v) is 5.90. The van der Waals surface area contributed by atoms with E-state index in [1.807, 2.05) is 20.8 Å². The molecule has 0 saturated heterocycles. The van der Waals surface area contributed by atoms with Crippen molar-refractivity contribution in [3.8, 4) is 0 Å². The zero-order valence-corrected chi connectivity index (χ0v) is 19.3. The topological polar surface area (TPSA) is 111 Å². The number of primary amides is 1. The van der Waals surface area contributed by atoms with Crippen LogP contribution in [0.25, 0.3) is 11.2 Å². The largest absolute Gasteiger partial charge is 0.416 e. The number of hydrogen-bond donors (Lipinski definition) is 3. The van der Waals surface area contributed by atoms with E-state index < -0.39 is 23.2 Å². The molecule has 1 fully saturated rings. The number of imidazole rings is 1. The molecule has 8 nitrogen and oxygen atoms in total. The van der Waals surface area contributed by atoms with Gasteiger partial charge in [0.15, 0.2) is 5.65 Å². The summed E-state index contributed by atoms with van der Waals surface area (Å²) < 4.78 is 41.4. The van der Waals surface area contributed by atoms with Gasteiger partial charge < -0.3 is 16.4 Å². The van der Waals surface area contributed by atoms with Crippen molar-refractivity contribution in [1.82, 2.24) is 19.5 Å². The van der Waals surface area contributed by atoms with Crippen molar-refractivity contribution >= 4 is 34.7 Å². The lowest BCUT2D eigenvalue weighted by Gasteiger charge is -2.36. The van der Waals surface area contributed by atoms with Crippen molar-refractivity contribution in [3.05, 3.63) is 36.0 Å². The molecular formula is C23H28F3N7O. The third kappa shape index (κ3) is 4.64. The summed E-state index contributed by atoms with van der Waals surface area (Å²) in [6, 6.07) is 4.82. The van der Waals surface area contributed by atoms with Gasteiger partial charge in [0.2, 0.25) is 17.8 Å². The van der Waals surface area contributed by atoms with Crippen LogP contribution in [0.5, 0.6) is 0 Å². The van der Waals surface area contributed by atoms with Gasteiger partial charge in [-0.25, -0.2) is 9.97 Å². The number of carbonyl (C=O) groups excluding carboxylic acids is 1. The molecule has 11 heteroatoms. The predicted molar refractivity (Wildman–Crippen MR) is 124 cm³/mol. The number of hydrogen-bond acceptors (Lipinski definition) is 6. The van der Waals surface area contributed by atoms with Crippen LogP contribution in [-0.4, -0.2) is 31.0 Å². The minimum Gasteiger partial charge on any atom is -0.368 e. The van der Waals surface area contributed by atoms with Gasteiger partial charge in [-0.05, 0) is 51.8 Å². The van der Waals surface area contributed by atoms with Crippen molar-refractivity contribution in [3.63, 3.8) is 0 Å². The number of alkyl halides is 3. The maximum atomic E-state index is 13.3. The Labute approximate surface area is 195 Å². The van der Waals surface area contributed by atoms with Gasteiger partial charge in [0.05, 0.1) is 11.8 Å². The molecule has 1 amide bonds. The third-order valence-electron chi connectivity index (χ3n) is 5.90. The Balaban J connectivity index is 1.89. The summed E-state index contributed by atoms with van der Waals surface area (Å²) in [5.41, 5.74) is 4.70. The normalized spacial score (nSPS) is 16.4. The molecule has 2 heterocycles. The summed E-state index contributed by atoms with van der Waals surface area (Å²) in [5, 5.41) is 6.18. The van der Waals surface area contributed by atoms with E-state index in [2.05, 4.69) is 25.6 Å². The highest BCUT2D eigenvalue weighted by atomic mass is 19.4. The van der Waals surface area contributed by atoms with Crippen molar-refractivity contribution in [1.29, 1.82) is 0 Å². The van der Waals surface area contributed by atoms with Crippen molar-refractivity contribution in [2.45, 2.75) is 70.1 Å². The van der Waals surface area contributed by atoms with Crippen LogP contribution >= 0.6 is 0 Å². The van der Waals surface area contributed by atoms with Crippen LogP contribution < -0.4 is 16.4 Å². The van der Waals surface area contributed by atoms with Crippen LogP contribution in [0.15, 0.2) is 30.5 Å². The van der Waals surface area contributed by atoms with Gasteiger partial charge in [0.25, 0.3) is 0 Å². The van der Waals surface area contributed by atoms with Crippen LogP contribution in [-0.2, 0) is 16.5 Å². The average molecular weight is 476 g/mol. The summed E-state index contributed by atoms with van der Waals surface area (Å²) in [6.45, 7) is 5.89. The number of nitrogens with zero attached hydrogens (tertiary/aromatic N) is 4. The number of nitrogens with one attached hydrogen (secondary N) is 2. The van der Waals surface area contributed by atoms with E-state index in [0.717, 1.165) is 31.4 Å². The maximum absolute atomic E-state index is 13.3. The minimum atomic E-state index is -4.49. The molecule has 3 aromatic rings. The number of halogens is 3. The minimum absolute atomic E-state index is 0.183. The molecule has 1 aliphatic carbocycles. The molecule has 1 aromatic carbocycles. The highest BCUT2D eigenvalue weighted by Gasteiger charge is 2.43. The molecular weight excluding hydrogens is 447 g/mol. The number of aromatic nitrogens is 4. The first-order valence-electron chi connectivity index (χ1n) is 11.2. The molecule has 0 atom stereocenters. The Hall–Kier alpha value is -3.37. The average Bonchev–Trinajstić information content (AvgIpc) is 3.10. The van der Waals surface area contributed by atoms with Crippen molar-refractivity contribution < 1.29 is 18.0 Å². The van der Waals surface area contributed by atoms with Crippen LogP contribution in [0.1, 0.15) is 58.4 Å². The lowest BCUT2D eigenvalue weighted by Crippen LogP contribution is -2.48. The summed E-state index contributed by atoms with van der Waals surface area (Å²) in [6.07, 6.45) is 0.530. The number of nitrogens with two attached hydrogens (primary N) is 1. The molecule has 4 N–H and O–H groups in total. The zero-order valence-electron chi connectivity index (χ0n) is 19.3. The first-order chi connectivity index (χ1) is 15.9. The van der Waals surface area contributed by atoms with E-state index in [0.29, 0.717) is 30.0 Å². The fourth-order valence-corrected chi connectivity index (χ4v) is 4.38. The van der Waals surface area contributed by atoms with Crippen LogP contribution in [0.3, 0.4) is 0 Å². The molecule has 0 bridgehead atoms. The van der Waals surface area contributed by atoms with Gasteiger partial charge in [-0.1, -0.05) is 25.3 Å². The molecule has 182 valence electrons. The lowest BCUT2D eigenvalue weighted by atomic mass is 9.80.